The van der Waals surface area contributed by atoms with Gasteiger partial charge in [0.05, 0.1) is 18.2 Å². The topological polar surface area (TPSA) is 87.1 Å². The molecule has 1 amide bonds. The number of ketones is 1. The van der Waals surface area contributed by atoms with E-state index in [1.54, 1.807) is 24.3 Å². The number of hydrogen-bond donors (Lipinski definition) is 2. The van der Waals surface area contributed by atoms with Crippen molar-refractivity contribution in [3.8, 4) is 5.75 Å². The first kappa shape index (κ1) is 22.6. The van der Waals surface area contributed by atoms with Gasteiger partial charge in [0.2, 0.25) is 0 Å². The van der Waals surface area contributed by atoms with Gasteiger partial charge in [-0.1, -0.05) is 67.9 Å². The molecule has 1 fully saturated rings. The van der Waals surface area contributed by atoms with Gasteiger partial charge in [-0.2, -0.15) is 0 Å². The fourth-order valence-corrected chi connectivity index (χ4v) is 4.30. The van der Waals surface area contributed by atoms with Gasteiger partial charge in [-0.25, -0.2) is 0 Å². The summed E-state index contributed by atoms with van der Waals surface area (Å²) in [4.78, 5) is 27.8. The molecule has 1 heterocycles. The molecule has 33 heavy (non-hydrogen) atoms. The van der Waals surface area contributed by atoms with E-state index in [9.17, 15) is 14.7 Å². The summed E-state index contributed by atoms with van der Waals surface area (Å²) >= 11 is 0. The number of unbranched alkanes of at least 4 members (excludes halogenated alkanes) is 1. The van der Waals surface area contributed by atoms with Crippen LogP contribution in [-0.2, 0) is 9.59 Å². The lowest BCUT2D eigenvalue weighted by atomic mass is 9.93. The number of aliphatic hydroxyl groups excluding tert-OH is 2. The molecule has 1 unspecified atom stereocenters. The maximum atomic E-state index is 13.2. The minimum Gasteiger partial charge on any atom is -0.507 e. The van der Waals surface area contributed by atoms with Gasteiger partial charge in [0.1, 0.15) is 18.1 Å². The van der Waals surface area contributed by atoms with Crippen LogP contribution in [0.25, 0.3) is 16.5 Å². The molecule has 1 saturated heterocycles. The number of amides is 1. The zero-order chi connectivity index (χ0) is 23.4. The second kappa shape index (κ2) is 9.88. The molecule has 1 aliphatic heterocycles. The van der Waals surface area contributed by atoms with Gasteiger partial charge in [-0.15, -0.1) is 0 Å². The molecule has 6 nitrogen and oxygen atoms in total. The average Bonchev–Trinajstić information content (AvgIpc) is 3.10. The molecule has 0 bridgehead atoms. The highest BCUT2D eigenvalue weighted by molar-refractivity contribution is 6.46. The molecule has 0 spiro atoms. The number of aliphatic hydroxyl groups is 2. The summed E-state index contributed by atoms with van der Waals surface area (Å²) in [6.45, 7) is 2.43. The first-order valence-electron chi connectivity index (χ1n) is 11.2. The van der Waals surface area contributed by atoms with Crippen LogP contribution in [0.15, 0.2) is 72.3 Å². The fraction of sp³-hybridized carbons (Fsp3) is 0.259. The Labute approximate surface area is 192 Å². The molecule has 0 aromatic heterocycles. The summed E-state index contributed by atoms with van der Waals surface area (Å²) in [7, 11) is 0. The lowest BCUT2D eigenvalue weighted by Gasteiger charge is -2.25. The molecule has 6 heteroatoms. The van der Waals surface area contributed by atoms with Crippen LogP contribution >= 0.6 is 0 Å². The lowest BCUT2D eigenvalue weighted by Crippen LogP contribution is -2.30. The number of carbonyl (C=O) groups is 2. The second-order valence-corrected chi connectivity index (χ2v) is 8.02. The van der Waals surface area contributed by atoms with Crippen LogP contribution in [0.1, 0.15) is 36.9 Å². The summed E-state index contributed by atoms with van der Waals surface area (Å²) in [5, 5.41) is 22.2. The van der Waals surface area contributed by atoms with Crippen LogP contribution in [0.4, 0.5) is 0 Å². The minimum absolute atomic E-state index is 0.0757. The van der Waals surface area contributed by atoms with Crippen molar-refractivity contribution < 1.29 is 24.5 Å². The van der Waals surface area contributed by atoms with E-state index >= 15 is 0 Å². The van der Waals surface area contributed by atoms with Gasteiger partial charge in [0.25, 0.3) is 11.7 Å². The number of benzene rings is 3. The van der Waals surface area contributed by atoms with E-state index in [2.05, 4.69) is 0 Å². The maximum absolute atomic E-state index is 13.2. The SMILES string of the molecule is CCCCN1C(=O)C(=O)/C(=C(\O)c2cccc3ccccc23)C1c1cccc(OCCO)c1. The summed E-state index contributed by atoms with van der Waals surface area (Å²) in [6.07, 6.45) is 1.59. The number of rotatable bonds is 8. The number of ether oxygens (including phenoxy) is 1. The number of fused-ring (bicyclic) bond motifs is 1. The summed E-state index contributed by atoms with van der Waals surface area (Å²) in [5.74, 6) is -0.969. The Morgan fingerprint density at radius 1 is 1.03 bits per heavy atom. The molecular formula is C27H27NO5. The van der Waals surface area contributed by atoms with Crippen LogP contribution < -0.4 is 4.74 Å². The molecule has 1 aliphatic rings. The van der Waals surface area contributed by atoms with Crippen molar-refractivity contribution in [1.29, 1.82) is 0 Å². The Balaban J connectivity index is 1.89. The van der Waals surface area contributed by atoms with Crippen LogP contribution in [0, 0.1) is 0 Å². The second-order valence-electron chi connectivity index (χ2n) is 8.02. The standard InChI is InChI=1S/C27H27NO5/c1-2-3-14-28-24(19-10-6-11-20(17-19)33-16-15-29)23(26(31)27(28)32)25(30)22-13-7-9-18-8-4-5-12-21(18)22/h4-13,17,24,29-30H,2-3,14-16H2,1H3/b25-23-. The predicted molar refractivity (Wildman–Crippen MR) is 127 cm³/mol. The Hall–Kier alpha value is -3.64. The van der Waals surface area contributed by atoms with Crippen molar-refractivity contribution >= 4 is 28.2 Å². The Morgan fingerprint density at radius 3 is 2.58 bits per heavy atom. The number of carbonyl (C=O) groups excluding carboxylic acids is 2. The largest absolute Gasteiger partial charge is 0.507 e. The van der Waals surface area contributed by atoms with Crippen molar-refractivity contribution in [2.24, 2.45) is 0 Å². The van der Waals surface area contributed by atoms with Crippen LogP contribution in [0.2, 0.25) is 0 Å². The monoisotopic (exact) mass is 445 g/mol. The summed E-state index contributed by atoms with van der Waals surface area (Å²) in [6, 6.07) is 19.5. The summed E-state index contributed by atoms with van der Waals surface area (Å²) < 4.78 is 5.55. The van der Waals surface area contributed by atoms with Gasteiger partial charge in [0, 0.05) is 12.1 Å². The van der Waals surface area contributed by atoms with E-state index in [1.807, 2.05) is 49.4 Å². The van der Waals surface area contributed by atoms with E-state index in [-0.39, 0.29) is 24.5 Å². The van der Waals surface area contributed by atoms with Crippen LogP contribution in [-0.4, -0.2) is 46.6 Å². The third kappa shape index (κ3) is 4.34. The van der Waals surface area contributed by atoms with Crippen molar-refractivity contribution in [2.75, 3.05) is 19.8 Å². The van der Waals surface area contributed by atoms with Gasteiger partial charge in [0.15, 0.2) is 0 Å². The Morgan fingerprint density at radius 2 is 1.79 bits per heavy atom. The van der Waals surface area contributed by atoms with E-state index in [0.717, 1.165) is 23.6 Å². The van der Waals surface area contributed by atoms with E-state index in [0.29, 0.717) is 23.4 Å². The molecule has 0 saturated carbocycles. The first-order chi connectivity index (χ1) is 16.1. The number of Topliss-reactive ketones (excluding diaryl/α,β-unsaturated/α-hetero) is 1. The molecule has 3 aromatic rings. The van der Waals surface area contributed by atoms with E-state index < -0.39 is 17.7 Å². The predicted octanol–water partition coefficient (Wildman–Crippen LogP) is 4.43. The van der Waals surface area contributed by atoms with Gasteiger partial charge in [-0.3, -0.25) is 9.59 Å². The van der Waals surface area contributed by atoms with Gasteiger partial charge >= 0.3 is 0 Å². The molecule has 4 rings (SSSR count). The van der Waals surface area contributed by atoms with Crippen molar-refractivity contribution in [3.05, 3.63) is 83.4 Å². The molecule has 2 N–H and O–H groups in total. The highest BCUT2D eigenvalue weighted by Crippen LogP contribution is 2.41. The normalized spacial score (nSPS) is 17.6. The van der Waals surface area contributed by atoms with Crippen molar-refractivity contribution in [2.45, 2.75) is 25.8 Å². The quantitative estimate of drug-likeness (QED) is 0.304. The van der Waals surface area contributed by atoms with Gasteiger partial charge < -0.3 is 19.8 Å². The van der Waals surface area contributed by atoms with Gasteiger partial charge in [-0.05, 0) is 34.9 Å². The van der Waals surface area contributed by atoms with Crippen LogP contribution in [0.5, 0.6) is 5.75 Å². The third-order valence-electron chi connectivity index (χ3n) is 5.87. The third-order valence-corrected chi connectivity index (χ3v) is 5.87. The number of nitrogens with zero attached hydrogens (tertiary/aromatic N) is 1. The molecular weight excluding hydrogens is 418 g/mol. The van der Waals surface area contributed by atoms with E-state index in [1.165, 1.54) is 4.90 Å². The average molecular weight is 446 g/mol. The highest BCUT2D eigenvalue weighted by Gasteiger charge is 2.46. The molecule has 1 atom stereocenters. The first-order valence-corrected chi connectivity index (χ1v) is 11.2. The Bertz CT molecular complexity index is 1210. The maximum Gasteiger partial charge on any atom is 0.295 e. The fourth-order valence-electron chi connectivity index (χ4n) is 4.30. The zero-order valence-corrected chi connectivity index (χ0v) is 18.5. The minimum atomic E-state index is -0.729. The van der Waals surface area contributed by atoms with E-state index in [4.69, 9.17) is 9.84 Å². The smallest absolute Gasteiger partial charge is 0.295 e. The molecule has 0 radical (unpaired) electrons. The molecule has 170 valence electrons. The lowest BCUT2D eigenvalue weighted by molar-refractivity contribution is -0.139. The Kier molecular flexibility index (Phi) is 6.75. The molecule has 0 aliphatic carbocycles. The summed E-state index contributed by atoms with van der Waals surface area (Å²) in [5.41, 5.74) is 1.26. The van der Waals surface area contributed by atoms with Crippen molar-refractivity contribution in [1.82, 2.24) is 4.90 Å². The molecule has 3 aromatic carbocycles. The number of hydrogen-bond acceptors (Lipinski definition) is 5. The highest BCUT2D eigenvalue weighted by atomic mass is 16.5. The van der Waals surface area contributed by atoms with Crippen molar-refractivity contribution in [3.63, 3.8) is 0 Å². The van der Waals surface area contributed by atoms with Crippen LogP contribution in [0.3, 0.4) is 0 Å². The zero-order valence-electron chi connectivity index (χ0n) is 18.5. The number of likely N-dealkylation sites (tertiary alicyclic amines) is 1.